The first-order valence-electron chi connectivity index (χ1n) is 10.1. The summed E-state index contributed by atoms with van der Waals surface area (Å²) in [5.41, 5.74) is 0.887. The molecule has 1 amide bonds. The molecular weight excluding hydrogens is 401 g/mol. The van der Waals surface area contributed by atoms with Crippen LogP contribution in [0.5, 0.6) is 5.75 Å². The molecule has 1 spiro atoms. The molecule has 0 N–H and O–H groups in total. The van der Waals surface area contributed by atoms with Crippen LogP contribution in [-0.4, -0.2) is 64.1 Å². The Morgan fingerprint density at radius 1 is 1.19 bits per heavy atom. The minimum Gasteiger partial charge on any atom is -0.484 e. The van der Waals surface area contributed by atoms with E-state index in [4.69, 9.17) is 9.26 Å². The van der Waals surface area contributed by atoms with E-state index in [2.05, 4.69) is 20.0 Å². The molecule has 2 aromatic heterocycles. The van der Waals surface area contributed by atoms with Gasteiger partial charge in [0.25, 0.3) is 5.91 Å². The van der Waals surface area contributed by atoms with Gasteiger partial charge in [-0.3, -0.25) is 14.7 Å². The number of ether oxygens (including phenoxy) is 1. The van der Waals surface area contributed by atoms with E-state index in [0.29, 0.717) is 30.6 Å². The zero-order chi connectivity index (χ0) is 21.4. The van der Waals surface area contributed by atoms with E-state index in [1.807, 2.05) is 19.2 Å². The van der Waals surface area contributed by atoms with Gasteiger partial charge in [-0.25, -0.2) is 4.39 Å². The molecule has 1 atom stereocenters. The molecule has 2 aliphatic rings. The predicted octanol–water partition coefficient (Wildman–Crippen LogP) is 2.55. The van der Waals surface area contributed by atoms with Gasteiger partial charge in [-0.05, 0) is 49.9 Å². The molecule has 2 saturated heterocycles. The van der Waals surface area contributed by atoms with Gasteiger partial charge in [0.2, 0.25) is 11.7 Å². The van der Waals surface area contributed by atoms with Crippen molar-refractivity contribution < 1.29 is 18.4 Å². The van der Waals surface area contributed by atoms with Gasteiger partial charge in [-0.2, -0.15) is 4.98 Å². The van der Waals surface area contributed by atoms with Crippen LogP contribution < -0.4 is 4.74 Å². The standard InChI is InChI=1S/C22H22FN5O3/c1-27-12-22(10-18(27)21-25-20(26-31-21)15-6-8-24-9-7-15)13-28(14-22)19(29)11-30-17-4-2-16(23)3-5-17/h2-9,18H,10-14H2,1H3. The van der Waals surface area contributed by atoms with Gasteiger partial charge in [0.15, 0.2) is 6.61 Å². The second kappa shape index (κ2) is 7.73. The fourth-order valence-corrected chi connectivity index (χ4v) is 4.47. The molecule has 3 aromatic rings. The maximum absolute atomic E-state index is 13.0. The molecule has 0 aliphatic carbocycles. The Morgan fingerprint density at radius 3 is 2.68 bits per heavy atom. The summed E-state index contributed by atoms with van der Waals surface area (Å²) in [7, 11) is 2.04. The number of hydrogen-bond donors (Lipinski definition) is 0. The quantitative estimate of drug-likeness (QED) is 0.624. The van der Waals surface area contributed by atoms with Crippen molar-refractivity contribution >= 4 is 5.91 Å². The van der Waals surface area contributed by atoms with E-state index in [1.165, 1.54) is 24.3 Å². The molecule has 0 radical (unpaired) electrons. The van der Waals surface area contributed by atoms with E-state index in [1.54, 1.807) is 17.3 Å². The second-order valence-electron chi connectivity index (χ2n) is 8.32. The Bertz CT molecular complexity index is 1070. The predicted molar refractivity (Wildman–Crippen MR) is 108 cm³/mol. The lowest BCUT2D eigenvalue weighted by atomic mass is 9.77. The number of aromatic nitrogens is 3. The highest BCUT2D eigenvalue weighted by molar-refractivity contribution is 5.78. The summed E-state index contributed by atoms with van der Waals surface area (Å²) < 4.78 is 24.0. The fraction of sp³-hybridized carbons (Fsp3) is 0.364. The lowest BCUT2D eigenvalue weighted by molar-refractivity contribution is -0.144. The van der Waals surface area contributed by atoms with Crippen molar-refractivity contribution in [1.82, 2.24) is 24.9 Å². The minimum atomic E-state index is -0.336. The summed E-state index contributed by atoms with van der Waals surface area (Å²) >= 11 is 0. The first-order chi connectivity index (χ1) is 15.0. The van der Waals surface area contributed by atoms with Gasteiger partial charge >= 0.3 is 0 Å². The smallest absolute Gasteiger partial charge is 0.260 e. The van der Waals surface area contributed by atoms with Crippen LogP contribution >= 0.6 is 0 Å². The Balaban J connectivity index is 1.17. The SMILES string of the molecule is CN1CC2(CC1c1nc(-c3ccncc3)no1)CN(C(=O)COc1ccc(F)cc1)C2. The largest absolute Gasteiger partial charge is 0.484 e. The summed E-state index contributed by atoms with van der Waals surface area (Å²) in [6.07, 6.45) is 4.24. The number of likely N-dealkylation sites (tertiary alicyclic amines) is 2. The number of benzene rings is 1. The van der Waals surface area contributed by atoms with Crippen molar-refractivity contribution in [2.75, 3.05) is 33.3 Å². The summed E-state index contributed by atoms with van der Waals surface area (Å²) in [6, 6.07) is 9.36. The van der Waals surface area contributed by atoms with Gasteiger partial charge in [-0.15, -0.1) is 0 Å². The van der Waals surface area contributed by atoms with Gasteiger partial charge in [0.05, 0.1) is 6.04 Å². The number of halogens is 1. The molecular formula is C22H22FN5O3. The highest BCUT2D eigenvalue weighted by atomic mass is 19.1. The van der Waals surface area contributed by atoms with Crippen LogP contribution in [0.1, 0.15) is 18.4 Å². The van der Waals surface area contributed by atoms with Gasteiger partial charge in [0, 0.05) is 43.0 Å². The Morgan fingerprint density at radius 2 is 1.94 bits per heavy atom. The molecule has 8 nitrogen and oxygen atoms in total. The molecule has 2 aliphatic heterocycles. The van der Waals surface area contributed by atoms with Crippen molar-refractivity contribution in [3.05, 3.63) is 60.5 Å². The number of rotatable bonds is 5. The van der Waals surface area contributed by atoms with Crippen molar-refractivity contribution in [1.29, 1.82) is 0 Å². The average molecular weight is 423 g/mol. The van der Waals surface area contributed by atoms with Crippen molar-refractivity contribution in [3.63, 3.8) is 0 Å². The summed E-state index contributed by atoms with van der Waals surface area (Å²) in [6.45, 7) is 2.14. The van der Waals surface area contributed by atoms with E-state index in [0.717, 1.165) is 18.5 Å². The number of carbonyl (C=O) groups is 1. The topological polar surface area (TPSA) is 84.6 Å². The maximum Gasteiger partial charge on any atom is 0.260 e. The minimum absolute atomic E-state index is 0.0239. The van der Waals surface area contributed by atoms with Crippen LogP contribution in [0.2, 0.25) is 0 Å². The fourth-order valence-electron chi connectivity index (χ4n) is 4.47. The van der Waals surface area contributed by atoms with Crippen molar-refractivity contribution in [3.8, 4) is 17.1 Å². The van der Waals surface area contributed by atoms with Crippen molar-refractivity contribution in [2.45, 2.75) is 12.5 Å². The van der Waals surface area contributed by atoms with E-state index in [9.17, 15) is 9.18 Å². The van der Waals surface area contributed by atoms with Crippen LogP contribution in [0.15, 0.2) is 53.3 Å². The van der Waals surface area contributed by atoms with Crippen LogP contribution in [-0.2, 0) is 4.79 Å². The molecule has 4 heterocycles. The molecule has 160 valence electrons. The highest BCUT2D eigenvalue weighted by Crippen LogP contribution is 2.47. The molecule has 1 unspecified atom stereocenters. The van der Waals surface area contributed by atoms with E-state index in [-0.39, 0.29) is 29.8 Å². The molecule has 5 rings (SSSR count). The monoisotopic (exact) mass is 423 g/mol. The van der Waals surface area contributed by atoms with Crippen LogP contribution in [0.25, 0.3) is 11.4 Å². The number of nitrogens with zero attached hydrogens (tertiary/aromatic N) is 5. The molecule has 2 fully saturated rings. The highest BCUT2D eigenvalue weighted by Gasteiger charge is 2.53. The number of hydrogen-bond acceptors (Lipinski definition) is 7. The molecule has 0 bridgehead atoms. The summed E-state index contributed by atoms with van der Waals surface area (Å²) in [5.74, 6) is 1.22. The first kappa shape index (κ1) is 19.6. The summed E-state index contributed by atoms with van der Waals surface area (Å²) in [4.78, 5) is 25.1. The average Bonchev–Trinajstić information content (AvgIpc) is 3.37. The lowest BCUT2D eigenvalue weighted by Gasteiger charge is -2.48. The number of amides is 1. The van der Waals surface area contributed by atoms with E-state index >= 15 is 0 Å². The van der Waals surface area contributed by atoms with Crippen LogP contribution in [0.4, 0.5) is 4.39 Å². The summed E-state index contributed by atoms with van der Waals surface area (Å²) in [5, 5.41) is 4.11. The first-order valence-corrected chi connectivity index (χ1v) is 10.1. The number of carbonyl (C=O) groups excluding carboxylic acids is 1. The van der Waals surface area contributed by atoms with E-state index < -0.39 is 0 Å². The Labute approximate surface area is 178 Å². The zero-order valence-corrected chi connectivity index (χ0v) is 17.1. The molecule has 1 aromatic carbocycles. The normalized spacial score (nSPS) is 20.1. The molecule has 9 heteroatoms. The van der Waals surface area contributed by atoms with Gasteiger partial charge < -0.3 is 14.2 Å². The molecule has 31 heavy (non-hydrogen) atoms. The van der Waals surface area contributed by atoms with Gasteiger partial charge in [-0.1, -0.05) is 5.16 Å². The Kier molecular flexibility index (Phi) is 4.90. The van der Waals surface area contributed by atoms with Gasteiger partial charge in [0.1, 0.15) is 11.6 Å². The molecule has 0 saturated carbocycles. The number of pyridine rings is 1. The second-order valence-corrected chi connectivity index (χ2v) is 8.32. The van der Waals surface area contributed by atoms with Crippen molar-refractivity contribution in [2.24, 2.45) is 5.41 Å². The zero-order valence-electron chi connectivity index (χ0n) is 17.1. The third kappa shape index (κ3) is 3.88. The van der Waals surface area contributed by atoms with Crippen LogP contribution in [0.3, 0.4) is 0 Å². The third-order valence-corrected chi connectivity index (χ3v) is 5.99. The third-order valence-electron chi connectivity index (χ3n) is 5.99. The van der Waals surface area contributed by atoms with Crippen LogP contribution in [0, 0.1) is 11.2 Å². The lowest BCUT2D eigenvalue weighted by Crippen LogP contribution is -2.60. The Hall–Kier alpha value is -3.33. The maximum atomic E-state index is 13.0.